The van der Waals surface area contributed by atoms with Crippen LogP contribution >= 0.6 is 0 Å². The Morgan fingerprint density at radius 2 is 1.95 bits per heavy atom. The molecule has 20 heavy (non-hydrogen) atoms. The quantitative estimate of drug-likeness (QED) is 0.619. The SMILES string of the molecule is O=C1COc2cc(OCOCc3ccccc3)ccc21. The first-order valence-corrected chi connectivity index (χ1v) is 6.37. The summed E-state index contributed by atoms with van der Waals surface area (Å²) in [5.41, 5.74) is 1.71. The van der Waals surface area contributed by atoms with Crippen LogP contribution in [0.4, 0.5) is 0 Å². The molecule has 0 N–H and O–H groups in total. The molecule has 0 unspecified atom stereocenters. The van der Waals surface area contributed by atoms with Crippen LogP contribution in [0.2, 0.25) is 0 Å². The minimum absolute atomic E-state index is 0.00637. The average Bonchev–Trinajstić information content (AvgIpc) is 2.86. The van der Waals surface area contributed by atoms with Gasteiger partial charge in [0.25, 0.3) is 0 Å². The summed E-state index contributed by atoms with van der Waals surface area (Å²) in [7, 11) is 0. The molecule has 2 aromatic carbocycles. The summed E-state index contributed by atoms with van der Waals surface area (Å²) >= 11 is 0. The summed E-state index contributed by atoms with van der Waals surface area (Å²) in [5, 5.41) is 0. The van der Waals surface area contributed by atoms with E-state index in [-0.39, 0.29) is 19.2 Å². The highest BCUT2D eigenvalue weighted by molar-refractivity contribution is 6.02. The number of hydrogen-bond acceptors (Lipinski definition) is 4. The second kappa shape index (κ2) is 5.75. The van der Waals surface area contributed by atoms with Gasteiger partial charge < -0.3 is 14.2 Å². The maximum absolute atomic E-state index is 11.4. The van der Waals surface area contributed by atoms with Crippen molar-refractivity contribution >= 4 is 5.78 Å². The molecule has 0 fully saturated rings. The van der Waals surface area contributed by atoms with E-state index in [0.717, 1.165) is 5.56 Å². The predicted octanol–water partition coefficient (Wildman–Crippen LogP) is 2.81. The van der Waals surface area contributed by atoms with Crippen molar-refractivity contribution in [2.75, 3.05) is 13.4 Å². The third kappa shape index (κ3) is 2.81. The molecule has 0 saturated carbocycles. The molecule has 0 atom stereocenters. The molecule has 102 valence electrons. The zero-order valence-electron chi connectivity index (χ0n) is 10.9. The van der Waals surface area contributed by atoms with Crippen molar-refractivity contribution in [2.45, 2.75) is 6.61 Å². The van der Waals surface area contributed by atoms with E-state index in [1.54, 1.807) is 18.2 Å². The zero-order valence-corrected chi connectivity index (χ0v) is 10.9. The van der Waals surface area contributed by atoms with E-state index in [1.165, 1.54) is 0 Å². The molecule has 4 nitrogen and oxygen atoms in total. The molecule has 1 heterocycles. The van der Waals surface area contributed by atoms with Crippen LogP contribution in [0.3, 0.4) is 0 Å². The Bertz CT molecular complexity index is 607. The molecule has 0 aromatic heterocycles. The number of carbonyl (C=O) groups is 1. The zero-order chi connectivity index (χ0) is 13.8. The maximum Gasteiger partial charge on any atom is 0.203 e. The normalized spacial score (nSPS) is 12.9. The lowest BCUT2D eigenvalue weighted by Crippen LogP contribution is -2.03. The van der Waals surface area contributed by atoms with Gasteiger partial charge in [0.1, 0.15) is 11.5 Å². The van der Waals surface area contributed by atoms with E-state index in [9.17, 15) is 4.79 Å². The molecule has 3 rings (SSSR count). The average molecular weight is 270 g/mol. The van der Waals surface area contributed by atoms with Crippen LogP contribution in [0.1, 0.15) is 15.9 Å². The topological polar surface area (TPSA) is 44.8 Å². The summed E-state index contributed by atoms with van der Waals surface area (Å²) in [4.78, 5) is 11.4. The number of fused-ring (bicyclic) bond motifs is 1. The minimum Gasteiger partial charge on any atom is -0.485 e. The van der Waals surface area contributed by atoms with Crippen LogP contribution in [-0.4, -0.2) is 19.2 Å². The first kappa shape index (κ1) is 12.7. The molecule has 0 radical (unpaired) electrons. The van der Waals surface area contributed by atoms with Crippen LogP contribution in [0.15, 0.2) is 48.5 Å². The van der Waals surface area contributed by atoms with E-state index in [4.69, 9.17) is 14.2 Å². The Morgan fingerprint density at radius 3 is 2.80 bits per heavy atom. The Labute approximate surface area is 116 Å². The third-order valence-electron chi connectivity index (χ3n) is 3.03. The highest BCUT2D eigenvalue weighted by Gasteiger charge is 2.21. The first-order valence-electron chi connectivity index (χ1n) is 6.37. The Balaban J connectivity index is 1.51. The van der Waals surface area contributed by atoms with Crippen LogP contribution in [0, 0.1) is 0 Å². The number of benzene rings is 2. The summed E-state index contributed by atoms with van der Waals surface area (Å²) in [5.74, 6) is 1.22. The van der Waals surface area contributed by atoms with Crippen molar-refractivity contribution < 1.29 is 19.0 Å². The highest BCUT2D eigenvalue weighted by Crippen LogP contribution is 2.29. The largest absolute Gasteiger partial charge is 0.485 e. The van der Waals surface area contributed by atoms with Crippen molar-refractivity contribution in [2.24, 2.45) is 0 Å². The molecule has 0 aliphatic carbocycles. The van der Waals surface area contributed by atoms with Crippen molar-refractivity contribution in [3.63, 3.8) is 0 Å². The van der Waals surface area contributed by atoms with Crippen molar-refractivity contribution in [3.8, 4) is 11.5 Å². The fourth-order valence-electron chi connectivity index (χ4n) is 2.01. The van der Waals surface area contributed by atoms with Gasteiger partial charge in [-0.25, -0.2) is 0 Å². The fourth-order valence-corrected chi connectivity index (χ4v) is 2.01. The lowest BCUT2D eigenvalue weighted by atomic mass is 10.1. The van der Waals surface area contributed by atoms with Crippen molar-refractivity contribution in [1.82, 2.24) is 0 Å². The number of Topliss-reactive ketones (excluding diaryl/α,β-unsaturated/α-hetero) is 1. The van der Waals surface area contributed by atoms with E-state index in [1.807, 2.05) is 30.3 Å². The van der Waals surface area contributed by atoms with Crippen molar-refractivity contribution in [1.29, 1.82) is 0 Å². The van der Waals surface area contributed by atoms with E-state index < -0.39 is 0 Å². The molecule has 0 saturated heterocycles. The van der Waals surface area contributed by atoms with Gasteiger partial charge in [0.05, 0.1) is 12.2 Å². The van der Waals surface area contributed by atoms with E-state index in [0.29, 0.717) is 23.7 Å². The molecule has 0 bridgehead atoms. The molecule has 0 amide bonds. The summed E-state index contributed by atoms with van der Waals surface area (Å²) in [6, 6.07) is 15.1. The van der Waals surface area contributed by atoms with Gasteiger partial charge in [-0.05, 0) is 17.7 Å². The summed E-state index contributed by atoms with van der Waals surface area (Å²) < 4.78 is 16.2. The molecule has 0 spiro atoms. The monoisotopic (exact) mass is 270 g/mol. The van der Waals surface area contributed by atoms with Crippen LogP contribution in [0.5, 0.6) is 11.5 Å². The molecular formula is C16H14O4. The van der Waals surface area contributed by atoms with Crippen LogP contribution in [0.25, 0.3) is 0 Å². The second-order valence-electron chi connectivity index (χ2n) is 4.47. The summed E-state index contributed by atoms with van der Waals surface area (Å²) in [6.45, 7) is 0.770. The standard InChI is InChI=1S/C16H14O4/c17-15-10-19-16-8-13(6-7-14(15)16)20-11-18-9-12-4-2-1-3-5-12/h1-8H,9-11H2. The molecule has 4 heteroatoms. The lowest BCUT2D eigenvalue weighted by Gasteiger charge is -2.08. The second-order valence-corrected chi connectivity index (χ2v) is 4.47. The van der Waals surface area contributed by atoms with Gasteiger partial charge in [0.2, 0.25) is 5.78 Å². The Hall–Kier alpha value is -2.33. The van der Waals surface area contributed by atoms with Gasteiger partial charge in [-0.2, -0.15) is 0 Å². The van der Waals surface area contributed by atoms with E-state index >= 15 is 0 Å². The van der Waals surface area contributed by atoms with E-state index in [2.05, 4.69) is 0 Å². The Morgan fingerprint density at radius 1 is 1.10 bits per heavy atom. The van der Waals surface area contributed by atoms with Gasteiger partial charge in [-0.1, -0.05) is 30.3 Å². The van der Waals surface area contributed by atoms with Crippen molar-refractivity contribution in [3.05, 3.63) is 59.7 Å². The number of ether oxygens (including phenoxy) is 3. The van der Waals surface area contributed by atoms with Gasteiger partial charge in [0.15, 0.2) is 13.4 Å². The lowest BCUT2D eigenvalue weighted by molar-refractivity contribution is 0.00496. The number of hydrogen-bond donors (Lipinski definition) is 0. The number of ketones is 1. The Kier molecular flexibility index (Phi) is 3.65. The molecule has 1 aliphatic heterocycles. The van der Waals surface area contributed by atoms with Gasteiger partial charge >= 0.3 is 0 Å². The maximum atomic E-state index is 11.4. The van der Waals surface area contributed by atoms with Gasteiger partial charge in [-0.15, -0.1) is 0 Å². The number of carbonyl (C=O) groups excluding carboxylic acids is 1. The number of rotatable bonds is 5. The summed E-state index contributed by atoms with van der Waals surface area (Å²) in [6.07, 6.45) is 0. The molecule has 2 aromatic rings. The van der Waals surface area contributed by atoms with Crippen LogP contribution in [-0.2, 0) is 11.3 Å². The molecule has 1 aliphatic rings. The smallest absolute Gasteiger partial charge is 0.203 e. The first-order chi connectivity index (χ1) is 9.83. The van der Waals surface area contributed by atoms with Crippen LogP contribution < -0.4 is 9.47 Å². The third-order valence-corrected chi connectivity index (χ3v) is 3.03. The van der Waals surface area contributed by atoms with Gasteiger partial charge in [-0.3, -0.25) is 4.79 Å². The molecular weight excluding hydrogens is 256 g/mol. The fraction of sp³-hybridized carbons (Fsp3) is 0.188. The predicted molar refractivity (Wildman–Crippen MR) is 73.0 cm³/mol. The van der Waals surface area contributed by atoms with Gasteiger partial charge in [0, 0.05) is 6.07 Å². The minimum atomic E-state index is 0.00637. The highest BCUT2D eigenvalue weighted by atomic mass is 16.7.